The predicted octanol–water partition coefficient (Wildman–Crippen LogP) is 3.77. The highest BCUT2D eigenvalue weighted by atomic mass is 16.5. The molecule has 0 bridgehead atoms. The summed E-state index contributed by atoms with van der Waals surface area (Å²) in [6, 6.07) is 28.2. The lowest BCUT2D eigenvalue weighted by molar-refractivity contribution is -0.904. The number of ether oxygens (including phenoxy) is 1. The first-order chi connectivity index (χ1) is 16.0. The number of benzene rings is 3. The maximum Gasteiger partial charge on any atom is 0.226 e. The molecule has 3 aromatic carbocycles. The third-order valence-electron chi connectivity index (χ3n) is 5.62. The Hall–Kier alpha value is -3.48. The van der Waals surface area contributed by atoms with Crippen molar-refractivity contribution in [1.82, 2.24) is 10.1 Å². The lowest BCUT2D eigenvalue weighted by atomic mass is 9.86. The Bertz CT molecular complexity index is 1090. The summed E-state index contributed by atoms with van der Waals surface area (Å²) in [7, 11) is 4.22. The summed E-state index contributed by atoms with van der Waals surface area (Å²) in [5, 5.41) is 18.4. The molecule has 0 amide bonds. The van der Waals surface area contributed by atoms with Crippen LogP contribution >= 0.6 is 0 Å². The highest BCUT2D eigenvalue weighted by Gasteiger charge is 2.31. The molecule has 0 spiro atoms. The molecule has 4 rings (SSSR count). The van der Waals surface area contributed by atoms with Gasteiger partial charge in [0.25, 0.3) is 0 Å². The molecule has 0 atom stereocenters. The van der Waals surface area contributed by atoms with Crippen LogP contribution in [-0.2, 0) is 12.1 Å². The Morgan fingerprint density at radius 3 is 1.97 bits per heavy atom. The zero-order valence-corrected chi connectivity index (χ0v) is 19.1. The summed E-state index contributed by atoms with van der Waals surface area (Å²) in [4.78, 5) is 4.56. The van der Waals surface area contributed by atoms with Crippen LogP contribution in [0.3, 0.4) is 0 Å². The molecule has 0 radical (unpaired) electrons. The quantitative estimate of drug-likeness (QED) is 0.276. The molecular formula is C27H29N3O3. The minimum absolute atomic E-state index is 0.0577. The van der Waals surface area contributed by atoms with E-state index in [0.717, 1.165) is 18.7 Å². The number of hydrogen-bond acceptors (Lipinski definition) is 5. The van der Waals surface area contributed by atoms with Gasteiger partial charge in [-0.1, -0.05) is 84.0 Å². The second-order valence-electron chi connectivity index (χ2n) is 8.76. The molecule has 1 heterocycles. The second kappa shape index (κ2) is 9.98. The van der Waals surface area contributed by atoms with Crippen molar-refractivity contribution in [2.75, 3.05) is 27.2 Å². The van der Waals surface area contributed by atoms with E-state index in [2.05, 4.69) is 24.2 Å². The average molecular weight is 444 g/mol. The molecule has 6 heteroatoms. The largest absolute Gasteiger partial charge is 0.835 e. The van der Waals surface area contributed by atoms with Gasteiger partial charge in [-0.3, -0.25) is 0 Å². The summed E-state index contributed by atoms with van der Waals surface area (Å²) >= 11 is 0. The molecule has 0 aliphatic heterocycles. The zero-order chi connectivity index (χ0) is 23.2. The molecule has 0 N–H and O–H groups in total. The fourth-order valence-corrected chi connectivity index (χ4v) is 3.88. The van der Waals surface area contributed by atoms with Crippen LogP contribution in [0.4, 0.5) is 0 Å². The first-order valence-corrected chi connectivity index (χ1v) is 11.1. The van der Waals surface area contributed by atoms with Crippen LogP contribution in [0.1, 0.15) is 29.3 Å². The van der Waals surface area contributed by atoms with E-state index < -0.39 is 5.60 Å². The van der Waals surface area contributed by atoms with Crippen molar-refractivity contribution >= 4 is 0 Å². The monoisotopic (exact) mass is 443 g/mol. The maximum absolute atomic E-state index is 14.2. The van der Waals surface area contributed by atoms with E-state index in [1.54, 1.807) is 24.3 Å². The van der Waals surface area contributed by atoms with Gasteiger partial charge in [0.1, 0.15) is 12.3 Å². The van der Waals surface area contributed by atoms with Crippen molar-refractivity contribution < 1.29 is 18.8 Å². The smallest absolute Gasteiger partial charge is 0.226 e. The topological polar surface area (TPSA) is 71.2 Å². The fourth-order valence-electron chi connectivity index (χ4n) is 3.88. The molecule has 0 aliphatic carbocycles. The fraction of sp³-hybridized carbons (Fsp3) is 0.259. The molecule has 0 fully saturated rings. The number of nitrogens with zero attached hydrogens (tertiary/aromatic N) is 3. The SMILES string of the molecule is C[N+](C)(CCCOc1ccccc1)Cc1noc(C([O-])(c2ccccc2)c2ccccc2)n1. The second-order valence-corrected chi connectivity index (χ2v) is 8.76. The Balaban J connectivity index is 1.46. The van der Waals surface area contributed by atoms with E-state index in [1.165, 1.54) is 0 Å². The van der Waals surface area contributed by atoms with Crippen molar-refractivity contribution in [3.8, 4) is 5.75 Å². The number of hydrogen-bond donors (Lipinski definition) is 0. The van der Waals surface area contributed by atoms with Crippen molar-refractivity contribution in [3.05, 3.63) is 114 Å². The van der Waals surface area contributed by atoms with E-state index in [-0.39, 0.29) is 5.89 Å². The number of rotatable bonds is 10. The van der Waals surface area contributed by atoms with Gasteiger partial charge in [-0.05, 0) is 23.3 Å². The van der Waals surface area contributed by atoms with E-state index in [4.69, 9.17) is 9.26 Å². The van der Waals surface area contributed by atoms with E-state index in [0.29, 0.717) is 34.6 Å². The first-order valence-electron chi connectivity index (χ1n) is 11.1. The molecule has 33 heavy (non-hydrogen) atoms. The molecular weight excluding hydrogens is 414 g/mol. The van der Waals surface area contributed by atoms with Crippen molar-refractivity contribution in [2.45, 2.75) is 18.6 Å². The molecule has 6 nitrogen and oxygen atoms in total. The molecule has 4 aromatic rings. The van der Waals surface area contributed by atoms with Crippen LogP contribution < -0.4 is 9.84 Å². The third-order valence-corrected chi connectivity index (χ3v) is 5.62. The first kappa shape index (κ1) is 22.7. The van der Waals surface area contributed by atoms with Gasteiger partial charge in [0.15, 0.2) is 0 Å². The van der Waals surface area contributed by atoms with Crippen molar-refractivity contribution in [2.24, 2.45) is 0 Å². The van der Waals surface area contributed by atoms with E-state index in [9.17, 15) is 5.11 Å². The van der Waals surface area contributed by atoms with Gasteiger partial charge >= 0.3 is 0 Å². The summed E-state index contributed by atoms with van der Waals surface area (Å²) in [5.74, 6) is 1.45. The minimum Gasteiger partial charge on any atom is -0.835 e. The van der Waals surface area contributed by atoms with Crippen LogP contribution in [-0.4, -0.2) is 41.9 Å². The summed E-state index contributed by atoms with van der Waals surface area (Å²) in [6.07, 6.45) is 0.881. The highest BCUT2D eigenvalue weighted by molar-refractivity contribution is 5.40. The van der Waals surface area contributed by atoms with Gasteiger partial charge in [0.2, 0.25) is 11.7 Å². The van der Waals surface area contributed by atoms with Gasteiger partial charge in [0.05, 0.1) is 27.2 Å². The van der Waals surface area contributed by atoms with Gasteiger partial charge in [-0.25, -0.2) is 0 Å². The Morgan fingerprint density at radius 1 is 0.848 bits per heavy atom. The van der Waals surface area contributed by atoms with Crippen LogP contribution in [0.15, 0.2) is 95.5 Å². The Morgan fingerprint density at radius 2 is 1.39 bits per heavy atom. The lowest BCUT2D eigenvalue weighted by Crippen LogP contribution is -2.43. The highest BCUT2D eigenvalue weighted by Crippen LogP contribution is 2.32. The van der Waals surface area contributed by atoms with Gasteiger partial charge in [0, 0.05) is 12.0 Å². The molecule has 0 aliphatic rings. The maximum atomic E-state index is 14.2. The van der Waals surface area contributed by atoms with Crippen molar-refractivity contribution in [1.29, 1.82) is 0 Å². The minimum atomic E-state index is -1.77. The molecule has 0 unspecified atom stereocenters. The molecule has 170 valence electrons. The molecule has 1 aromatic heterocycles. The number of aromatic nitrogens is 2. The Labute approximate surface area is 194 Å². The standard InChI is InChI=1S/C27H29N3O3/c1-30(2,19-12-20-32-24-17-10-5-11-18-24)21-25-28-26(33-29-25)27(31,22-13-6-3-7-14-22)23-15-8-4-9-16-23/h3-11,13-18H,12,19-21H2,1-2H3. The summed E-state index contributed by atoms with van der Waals surface area (Å²) in [6.45, 7) is 2.06. The molecule has 0 saturated heterocycles. The number of para-hydroxylation sites is 1. The van der Waals surface area contributed by atoms with Crippen LogP contribution in [0, 0.1) is 0 Å². The summed E-state index contributed by atoms with van der Waals surface area (Å²) < 4.78 is 12.0. The predicted molar refractivity (Wildman–Crippen MR) is 124 cm³/mol. The zero-order valence-electron chi connectivity index (χ0n) is 19.1. The summed E-state index contributed by atoms with van der Waals surface area (Å²) in [5.41, 5.74) is -0.634. The van der Waals surface area contributed by atoms with Crippen LogP contribution in [0.2, 0.25) is 0 Å². The normalized spacial score (nSPS) is 12.0. The van der Waals surface area contributed by atoms with Crippen LogP contribution in [0.5, 0.6) is 5.75 Å². The average Bonchev–Trinajstić information content (AvgIpc) is 3.31. The Kier molecular flexibility index (Phi) is 6.87. The lowest BCUT2D eigenvalue weighted by Gasteiger charge is -2.37. The van der Waals surface area contributed by atoms with Gasteiger partial charge in [-0.2, -0.15) is 4.98 Å². The van der Waals surface area contributed by atoms with Crippen LogP contribution in [0.25, 0.3) is 0 Å². The number of quaternary nitrogens is 1. The van der Waals surface area contributed by atoms with E-state index >= 15 is 0 Å². The van der Waals surface area contributed by atoms with Gasteiger partial charge < -0.3 is 18.8 Å². The van der Waals surface area contributed by atoms with Gasteiger partial charge in [-0.15, -0.1) is 0 Å². The van der Waals surface area contributed by atoms with Crippen molar-refractivity contribution in [3.63, 3.8) is 0 Å². The molecule has 0 saturated carbocycles. The van der Waals surface area contributed by atoms with E-state index in [1.807, 2.05) is 66.7 Å². The third kappa shape index (κ3) is 5.48.